The molecule has 3 heterocycles. The van der Waals surface area contributed by atoms with Crippen molar-refractivity contribution < 1.29 is 40.7 Å². The van der Waals surface area contributed by atoms with Gasteiger partial charge in [-0.3, -0.25) is 9.69 Å². The molecular formula is C32H32F6N4O3. The molecule has 2 fully saturated rings. The fourth-order valence-electron chi connectivity index (χ4n) is 6.14. The smallest absolute Gasteiger partial charge is 0.416 e. The maximum absolute atomic E-state index is 13.5. The van der Waals surface area contributed by atoms with Crippen molar-refractivity contribution in [2.24, 2.45) is 0 Å². The Bertz CT molecular complexity index is 1500. The summed E-state index contributed by atoms with van der Waals surface area (Å²) in [4.78, 5) is 38.3. The largest absolute Gasteiger partial charge is 0.460 e. The Hall–Kier alpha value is -4.00. The number of aromatic nitrogens is 2. The number of alkyl halides is 6. The molecule has 0 unspecified atom stereocenters. The number of hydrogen-bond acceptors (Lipinski definition) is 6. The Balaban J connectivity index is 1.25. The normalized spacial score (nSPS) is 18.3. The number of nitrogens with zero attached hydrogens (tertiary/aromatic N) is 4. The number of piperidine rings is 1. The summed E-state index contributed by atoms with van der Waals surface area (Å²) < 4.78 is 85.9. The number of ether oxygens (including phenoxy) is 1. The van der Waals surface area contributed by atoms with Crippen molar-refractivity contribution in [3.8, 4) is 11.4 Å². The summed E-state index contributed by atoms with van der Waals surface area (Å²) in [5.41, 5.74) is -2.39. The van der Waals surface area contributed by atoms with Gasteiger partial charge < -0.3 is 9.64 Å². The predicted molar refractivity (Wildman–Crippen MR) is 152 cm³/mol. The quantitative estimate of drug-likeness (QED) is 0.221. The van der Waals surface area contributed by atoms with Crippen molar-refractivity contribution >= 4 is 11.9 Å². The van der Waals surface area contributed by atoms with Crippen LogP contribution in [0.4, 0.5) is 26.3 Å². The molecule has 2 aliphatic heterocycles. The van der Waals surface area contributed by atoms with Crippen LogP contribution in [0.15, 0.2) is 48.5 Å². The van der Waals surface area contributed by atoms with Gasteiger partial charge in [0.25, 0.3) is 5.91 Å². The van der Waals surface area contributed by atoms with E-state index in [1.807, 2.05) is 6.07 Å². The van der Waals surface area contributed by atoms with Gasteiger partial charge in [0.1, 0.15) is 6.61 Å². The zero-order chi connectivity index (χ0) is 32.5. The Labute approximate surface area is 256 Å². The van der Waals surface area contributed by atoms with Crippen molar-refractivity contribution in [3.05, 3.63) is 82.2 Å². The van der Waals surface area contributed by atoms with Crippen LogP contribution in [-0.2, 0) is 17.1 Å². The van der Waals surface area contributed by atoms with Crippen LogP contribution >= 0.6 is 0 Å². The lowest BCUT2D eigenvalue weighted by molar-refractivity contribution is -0.143. The maximum Gasteiger partial charge on any atom is 0.416 e. The highest BCUT2D eigenvalue weighted by atomic mass is 19.4. The zero-order valence-corrected chi connectivity index (χ0v) is 24.7. The SMILES string of the molecule is Cc1nc(-c2cc(C(F)(F)F)cc(C(F)(F)F)c2)nc(C)c1C(=O)N1CCC(N2CCC[C@H]2COC(=O)c2ccccc2)CC1. The molecule has 2 aromatic carbocycles. The average molecular weight is 635 g/mol. The van der Waals surface area contributed by atoms with Gasteiger partial charge in [-0.2, -0.15) is 26.3 Å². The van der Waals surface area contributed by atoms with Crippen molar-refractivity contribution in [3.63, 3.8) is 0 Å². The molecule has 5 rings (SSSR count). The fraction of sp³-hybridized carbons (Fsp3) is 0.438. The summed E-state index contributed by atoms with van der Waals surface area (Å²) in [7, 11) is 0. The molecular weight excluding hydrogens is 602 g/mol. The van der Waals surface area contributed by atoms with Gasteiger partial charge in [0.15, 0.2) is 5.82 Å². The van der Waals surface area contributed by atoms with E-state index in [-0.39, 0.29) is 59.4 Å². The standard InChI is InChI=1S/C32H32F6N4O3/c1-19-27(20(2)40-28(39-19)22-15-23(31(33,34)35)17-24(16-22)32(36,37)38)29(43)41-13-10-25(11-14-41)42-12-6-9-26(42)18-45-30(44)21-7-4-3-5-8-21/h3-5,7-8,15-17,25-26H,6,9-14,18H2,1-2H3/t26-/m0/s1. The number of amides is 1. The summed E-state index contributed by atoms with van der Waals surface area (Å²) in [6.45, 7) is 5.01. The molecule has 1 aromatic heterocycles. The van der Waals surface area contributed by atoms with Crippen molar-refractivity contribution in [1.29, 1.82) is 0 Å². The van der Waals surface area contributed by atoms with E-state index < -0.39 is 29.0 Å². The van der Waals surface area contributed by atoms with Crippen LogP contribution in [0, 0.1) is 13.8 Å². The molecule has 2 saturated heterocycles. The lowest BCUT2D eigenvalue weighted by Gasteiger charge is -2.39. The number of likely N-dealkylation sites (tertiary alicyclic amines) is 2. The summed E-state index contributed by atoms with van der Waals surface area (Å²) in [6.07, 6.45) is -6.76. The molecule has 1 amide bonds. The lowest BCUT2D eigenvalue weighted by atomic mass is 10.0. The van der Waals surface area contributed by atoms with E-state index in [1.54, 1.807) is 29.2 Å². The molecule has 0 N–H and O–H groups in total. The molecule has 0 aliphatic carbocycles. The average Bonchev–Trinajstić information content (AvgIpc) is 3.47. The van der Waals surface area contributed by atoms with E-state index in [0.29, 0.717) is 43.6 Å². The Morgan fingerprint density at radius 2 is 1.42 bits per heavy atom. The van der Waals surface area contributed by atoms with E-state index in [2.05, 4.69) is 14.9 Å². The first-order valence-corrected chi connectivity index (χ1v) is 14.6. The van der Waals surface area contributed by atoms with E-state index in [0.717, 1.165) is 19.4 Å². The summed E-state index contributed by atoms with van der Waals surface area (Å²) in [5.74, 6) is -1.04. The number of benzene rings is 2. The van der Waals surface area contributed by atoms with Crippen LogP contribution in [0.2, 0.25) is 0 Å². The van der Waals surface area contributed by atoms with Gasteiger partial charge >= 0.3 is 18.3 Å². The third-order valence-corrected chi connectivity index (χ3v) is 8.39. The van der Waals surface area contributed by atoms with E-state index >= 15 is 0 Å². The Morgan fingerprint density at radius 3 is 1.98 bits per heavy atom. The van der Waals surface area contributed by atoms with Gasteiger partial charge in [-0.05, 0) is 76.4 Å². The van der Waals surface area contributed by atoms with Crippen LogP contribution < -0.4 is 0 Å². The number of hydrogen-bond donors (Lipinski definition) is 0. The van der Waals surface area contributed by atoms with Crippen LogP contribution in [0.25, 0.3) is 11.4 Å². The summed E-state index contributed by atoms with van der Waals surface area (Å²) in [5, 5.41) is 0. The molecule has 2 aliphatic rings. The molecule has 0 bridgehead atoms. The second-order valence-electron chi connectivity index (χ2n) is 11.4. The van der Waals surface area contributed by atoms with E-state index in [9.17, 15) is 35.9 Å². The summed E-state index contributed by atoms with van der Waals surface area (Å²) >= 11 is 0. The number of carbonyl (C=O) groups excluding carboxylic acids is 2. The number of halogens is 6. The molecule has 7 nitrogen and oxygen atoms in total. The molecule has 3 aromatic rings. The van der Waals surface area contributed by atoms with E-state index in [1.165, 1.54) is 13.8 Å². The maximum atomic E-state index is 13.5. The first kappa shape index (κ1) is 32.4. The number of rotatable bonds is 6. The predicted octanol–water partition coefficient (Wildman–Crippen LogP) is 6.72. The topological polar surface area (TPSA) is 75.6 Å². The van der Waals surface area contributed by atoms with Crippen LogP contribution in [0.5, 0.6) is 0 Å². The van der Waals surface area contributed by atoms with Gasteiger partial charge in [-0.25, -0.2) is 14.8 Å². The minimum Gasteiger partial charge on any atom is -0.460 e. The first-order chi connectivity index (χ1) is 21.2. The monoisotopic (exact) mass is 634 g/mol. The van der Waals surface area contributed by atoms with Crippen LogP contribution in [-0.4, -0.2) is 70.0 Å². The third-order valence-electron chi connectivity index (χ3n) is 8.39. The summed E-state index contributed by atoms with van der Waals surface area (Å²) in [6, 6.07) is 10.3. The molecule has 13 heteroatoms. The third kappa shape index (κ3) is 7.29. The molecule has 45 heavy (non-hydrogen) atoms. The van der Waals surface area contributed by atoms with Crippen LogP contribution in [0.1, 0.15) is 68.9 Å². The van der Waals surface area contributed by atoms with Crippen molar-refractivity contribution in [1.82, 2.24) is 19.8 Å². The minimum absolute atomic E-state index is 0.0480. The highest BCUT2D eigenvalue weighted by Gasteiger charge is 2.38. The van der Waals surface area contributed by atoms with Gasteiger partial charge in [0.2, 0.25) is 0 Å². The van der Waals surface area contributed by atoms with Crippen LogP contribution in [0.3, 0.4) is 0 Å². The first-order valence-electron chi connectivity index (χ1n) is 14.6. The molecule has 240 valence electrons. The second kappa shape index (κ2) is 12.8. The number of esters is 1. The Kier molecular flexibility index (Phi) is 9.20. The second-order valence-corrected chi connectivity index (χ2v) is 11.4. The number of carbonyl (C=O) groups is 2. The molecule has 0 radical (unpaired) electrons. The zero-order valence-electron chi connectivity index (χ0n) is 24.7. The Morgan fingerprint density at radius 1 is 0.844 bits per heavy atom. The van der Waals surface area contributed by atoms with Gasteiger partial charge in [0, 0.05) is 30.7 Å². The van der Waals surface area contributed by atoms with E-state index in [4.69, 9.17) is 4.74 Å². The highest BCUT2D eigenvalue weighted by molar-refractivity contribution is 5.96. The van der Waals surface area contributed by atoms with Gasteiger partial charge in [0.05, 0.1) is 33.6 Å². The van der Waals surface area contributed by atoms with Crippen molar-refractivity contribution in [2.75, 3.05) is 26.2 Å². The fourth-order valence-corrected chi connectivity index (χ4v) is 6.14. The van der Waals surface area contributed by atoms with Crippen molar-refractivity contribution in [2.45, 2.75) is 64.0 Å². The lowest BCUT2D eigenvalue weighted by Crippen LogP contribution is -2.49. The molecule has 0 saturated carbocycles. The van der Waals surface area contributed by atoms with Gasteiger partial charge in [-0.1, -0.05) is 18.2 Å². The molecule has 1 atom stereocenters. The van der Waals surface area contributed by atoms with Gasteiger partial charge in [-0.15, -0.1) is 0 Å². The number of aryl methyl sites for hydroxylation is 2. The molecule has 0 spiro atoms. The highest BCUT2D eigenvalue weighted by Crippen LogP contribution is 2.38. The minimum atomic E-state index is -5.01.